The Balaban J connectivity index is 0. The van der Waals surface area contributed by atoms with E-state index >= 15 is 0 Å². The van der Waals surface area contributed by atoms with E-state index in [-0.39, 0.29) is 1.43 Å². The summed E-state index contributed by atoms with van der Waals surface area (Å²) in [6, 6.07) is 0.653. The fourth-order valence-corrected chi connectivity index (χ4v) is 1.73. The van der Waals surface area contributed by atoms with E-state index in [1.165, 1.54) is 13.0 Å². The molecule has 0 amide bonds. The molecule has 106 valence electrons. The molecule has 1 saturated heterocycles. The highest BCUT2D eigenvalue weighted by atomic mass is 16.5. The number of hydrogen-bond acceptors (Lipinski definition) is 3. The van der Waals surface area contributed by atoms with Gasteiger partial charge in [-0.3, -0.25) is 4.90 Å². The van der Waals surface area contributed by atoms with E-state index in [4.69, 9.17) is 4.74 Å². The van der Waals surface area contributed by atoms with Crippen molar-refractivity contribution in [3.63, 3.8) is 0 Å². The number of rotatable bonds is 5. The van der Waals surface area contributed by atoms with Crippen LogP contribution in [0.3, 0.4) is 0 Å². The van der Waals surface area contributed by atoms with Crippen molar-refractivity contribution in [1.29, 1.82) is 0 Å². The summed E-state index contributed by atoms with van der Waals surface area (Å²) in [6.07, 6.45) is 1.23. The van der Waals surface area contributed by atoms with E-state index in [1.807, 2.05) is 0 Å². The summed E-state index contributed by atoms with van der Waals surface area (Å²) in [7, 11) is 0. The van der Waals surface area contributed by atoms with Gasteiger partial charge in [-0.2, -0.15) is 0 Å². The summed E-state index contributed by atoms with van der Waals surface area (Å²) in [4.78, 5) is 2.47. The maximum Gasteiger partial charge on any atom is 0.0594 e. The summed E-state index contributed by atoms with van der Waals surface area (Å²) in [6.45, 7) is 17.5. The largest absolute Gasteiger partial charge is 0.379 e. The Morgan fingerprint density at radius 3 is 2.12 bits per heavy atom. The Bertz CT molecular complexity index is 160. The summed E-state index contributed by atoms with van der Waals surface area (Å²) < 4.78 is 5.24. The molecular weight excluding hydrogens is 212 g/mol. The predicted molar refractivity (Wildman–Crippen MR) is 77.6 cm³/mol. The van der Waals surface area contributed by atoms with Crippen LogP contribution in [0.25, 0.3) is 0 Å². The van der Waals surface area contributed by atoms with E-state index in [1.54, 1.807) is 0 Å². The second-order valence-corrected chi connectivity index (χ2v) is 5.42. The van der Waals surface area contributed by atoms with Crippen LogP contribution in [0.4, 0.5) is 0 Å². The van der Waals surface area contributed by atoms with E-state index in [9.17, 15) is 0 Å². The average molecular weight is 246 g/mol. The highest BCUT2D eigenvalue weighted by Crippen LogP contribution is 2.01. The van der Waals surface area contributed by atoms with Crippen molar-refractivity contribution in [1.82, 2.24) is 10.2 Å². The van der Waals surface area contributed by atoms with Gasteiger partial charge in [-0.1, -0.05) is 34.6 Å². The minimum atomic E-state index is 0. The normalized spacial score (nSPS) is 17.1. The molecule has 1 aliphatic heterocycles. The van der Waals surface area contributed by atoms with Crippen LogP contribution in [0.2, 0.25) is 0 Å². The molecular formula is C14H34N2O. The van der Waals surface area contributed by atoms with Gasteiger partial charge in [-0.25, -0.2) is 0 Å². The lowest BCUT2D eigenvalue weighted by molar-refractivity contribution is 0.0329. The van der Waals surface area contributed by atoms with E-state index in [2.05, 4.69) is 44.8 Å². The molecule has 0 spiro atoms. The van der Waals surface area contributed by atoms with Crippen LogP contribution in [0.5, 0.6) is 0 Å². The van der Waals surface area contributed by atoms with Crippen LogP contribution < -0.4 is 5.32 Å². The third-order valence-corrected chi connectivity index (χ3v) is 2.53. The molecule has 0 saturated carbocycles. The van der Waals surface area contributed by atoms with Crippen molar-refractivity contribution in [3.8, 4) is 0 Å². The van der Waals surface area contributed by atoms with Crippen LogP contribution in [-0.4, -0.2) is 50.3 Å². The maximum atomic E-state index is 5.24. The van der Waals surface area contributed by atoms with Crippen LogP contribution in [-0.2, 0) is 4.74 Å². The Labute approximate surface area is 109 Å². The fraction of sp³-hybridized carbons (Fsp3) is 1.00. The first kappa shape index (κ1) is 16.9. The zero-order chi connectivity index (χ0) is 13.1. The minimum absolute atomic E-state index is 0. The molecule has 0 bridgehead atoms. The number of nitrogens with one attached hydrogen (secondary N) is 1. The minimum Gasteiger partial charge on any atom is -0.379 e. The molecule has 0 unspecified atom stereocenters. The number of ether oxygens (including phenoxy) is 1. The lowest BCUT2D eigenvalue weighted by Crippen LogP contribution is -2.38. The molecule has 3 heteroatoms. The van der Waals surface area contributed by atoms with Gasteiger partial charge >= 0.3 is 0 Å². The number of hydrogen-bond donors (Lipinski definition) is 1. The molecule has 1 rings (SSSR count). The molecule has 0 aliphatic carbocycles. The summed E-state index contributed by atoms with van der Waals surface area (Å²) in [5, 5.41) is 3.30. The predicted octanol–water partition coefficient (Wildman–Crippen LogP) is 2.62. The zero-order valence-electron chi connectivity index (χ0n) is 12.5. The van der Waals surface area contributed by atoms with Gasteiger partial charge < -0.3 is 10.1 Å². The first-order valence-corrected chi connectivity index (χ1v) is 7.09. The molecule has 0 aromatic carbocycles. The van der Waals surface area contributed by atoms with Gasteiger partial charge in [0.2, 0.25) is 0 Å². The molecule has 3 nitrogen and oxygen atoms in total. The van der Waals surface area contributed by atoms with E-state index < -0.39 is 0 Å². The third kappa shape index (κ3) is 12.1. The van der Waals surface area contributed by atoms with Gasteiger partial charge in [0, 0.05) is 27.1 Å². The lowest BCUT2D eigenvalue weighted by Gasteiger charge is -2.27. The van der Waals surface area contributed by atoms with Crippen LogP contribution in [0, 0.1) is 5.92 Å². The molecule has 0 aromatic heterocycles. The quantitative estimate of drug-likeness (QED) is 0.807. The molecule has 1 heterocycles. The van der Waals surface area contributed by atoms with Crippen LogP contribution in [0.1, 0.15) is 42.5 Å². The standard InChI is InChI=1S/C8H17NO.C6H15N.H2/c1-8(2)7-9-3-5-10-6-4-9;1-4-5-7-6(2)3;/h8H,3-7H2,1-2H3;6-7H,4-5H2,1-3H3;1H. The topological polar surface area (TPSA) is 24.5 Å². The highest BCUT2D eigenvalue weighted by Gasteiger charge is 2.10. The smallest absolute Gasteiger partial charge is 0.0594 e. The Morgan fingerprint density at radius 2 is 1.76 bits per heavy atom. The van der Waals surface area contributed by atoms with Gasteiger partial charge in [0.1, 0.15) is 0 Å². The van der Waals surface area contributed by atoms with Gasteiger partial charge in [-0.15, -0.1) is 0 Å². The van der Waals surface area contributed by atoms with Gasteiger partial charge in [0.15, 0.2) is 0 Å². The SMILES string of the molecule is CC(C)CN1CCOCC1.CCCNC(C)C.[HH]. The van der Waals surface area contributed by atoms with Crippen molar-refractivity contribution in [2.75, 3.05) is 39.4 Å². The Morgan fingerprint density at radius 1 is 1.18 bits per heavy atom. The average Bonchev–Trinajstić information content (AvgIpc) is 2.27. The summed E-state index contributed by atoms with van der Waals surface area (Å²) in [5.41, 5.74) is 0. The fourth-order valence-electron chi connectivity index (χ4n) is 1.73. The summed E-state index contributed by atoms with van der Waals surface area (Å²) >= 11 is 0. The molecule has 1 fully saturated rings. The van der Waals surface area contributed by atoms with Gasteiger partial charge in [0.25, 0.3) is 0 Å². The molecule has 0 aromatic rings. The highest BCUT2D eigenvalue weighted by molar-refractivity contribution is 4.62. The van der Waals surface area contributed by atoms with Crippen molar-refractivity contribution in [2.45, 2.75) is 47.1 Å². The molecule has 1 N–H and O–H groups in total. The van der Waals surface area contributed by atoms with Crippen LogP contribution >= 0.6 is 0 Å². The van der Waals surface area contributed by atoms with Crippen LogP contribution in [0.15, 0.2) is 0 Å². The molecule has 1 aliphatic rings. The monoisotopic (exact) mass is 246 g/mol. The second kappa shape index (κ2) is 11.0. The second-order valence-electron chi connectivity index (χ2n) is 5.42. The first-order valence-electron chi connectivity index (χ1n) is 7.09. The molecule has 0 radical (unpaired) electrons. The third-order valence-electron chi connectivity index (χ3n) is 2.53. The molecule has 0 atom stereocenters. The van der Waals surface area contributed by atoms with Gasteiger partial charge in [-0.05, 0) is 18.9 Å². The first-order chi connectivity index (χ1) is 8.06. The lowest BCUT2D eigenvalue weighted by atomic mass is 10.2. The number of morpholine rings is 1. The zero-order valence-corrected chi connectivity index (χ0v) is 12.5. The maximum absolute atomic E-state index is 5.24. The van der Waals surface area contributed by atoms with Crippen molar-refractivity contribution >= 4 is 0 Å². The Hall–Kier alpha value is -0.120. The van der Waals surface area contributed by atoms with Crippen molar-refractivity contribution in [2.24, 2.45) is 5.92 Å². The summed E-state index contributed by atoms with van der Waals surface area (Å²) in [5.74, 6) is 0.790. The number of nitrogens with zero attached hydrogens (tertiary/aromatic N) is 1. The van der Waals surface area contributed by atoms with Gasteiger partial charge in [0.05, 0.1) is 13.2 Å². The van der Waals surface area contributed by atoms with E-state index in [0.717, 1.165) is 38.8 Å². The van der Waals surface area contributed by atoms with Crippen molar-refractivity contribution in [3.05, 3.63) is 0 Å². The van der Waals surface area contributed by atoms with Crippen molar-refractivity contribution < 1.29 is 6.16 Å². The van der Waals surface area contributed by atoms with E-state index in [0.29, 0.717) is 6.04 Å². The Kier molecular flexibility index (Phi) is 10.9. The molecule has 17 heavy (non-hydrogen) atoms.